The quantitative estimate of drug-likeness (QED) is 0.423. The lowest BCUT2D eigenvalue weighted by Crippen LogP contribution is -2.36. The minimum atomic E-state index is -0.417. The molecular weight excluding hydrogens is 374 g/mol. The van der Waals surface area contributed by atoms with Gasteiger partial charge in [0.25, 0.3) is 0 Å². The Kier molecular flexibility index (Phi) is 6.13. The highest BCUT2D eigenvalue weighted by molar-refractivity contribution is 7.41. The summed E-state index contributed by atoms with van der Waals surface area (Å²) in [5, 5.41) is 11.0. The van der Waals surface area contributed by atoms with Gasteiger partial charge in [-0.2, -0.15) is 0 Å². The third-order valence-electron chi connectivity index (χ3n) is 5.91. The van der Waals surface area contributed by atoms with Crippen LogP contribution in [-0.2, 0) is 0 Å². The third kappa shape index (κ3) is 4.40. The second-order valence-electron chi connectivity index (χ2n) is 8.22. The van der Waals surface area contributed by atoms with Crippen molar-refractivity contribution in [2.75, 3.05) is 29.9 Å². The molecule has 2 N–H and O–H groups in total. The molecule has 2 atom stereocenters. The van der Waals surface area contributed by atoms with E-state index in [0.29, 0.717) is 23.0 Å². The molecule has 2 fully saturated rings. The SMILES string of the molecule is C=C(F)CNc1ncnc(N2CCC3(CC2)CC3C(P)=NC(=N)C(C)C)c1C. The molecule has 1 aliphatic carbocycles. The van der Waals surface area contributed by atoms with Gasteiger partial charge in [0.05, 0.1) is 6.54 Å². The van der Waals surface area contributed by atoms with Crippen molar-refractivity contribution in [2.24, 2.45) is 22.2 Å². The Hall–Kier alpha value is -1.88. The first-order chi connectivity index (χ1) is 13.2. The summed E-state index contributed by atoms with van der Waals surface area (Å²) in [6.45, 7) is 11.2. The van der Waals surface area contributed by atoms with Crippen molar-refractivity contribution in [3.8, 4) is 0 Å². The number of amidine groups is 1. The van der Waals surface area contributed by atoms with Gasteiger partial charge in [-0.05, 0) is 31.6 Å². The Morgan fingerprint density at radius 2 is 2.14 bits per heavy atom. The molecule has 8 heteroatoms. The average Bonchev–Trinajstić information content (AvgIpc) is 3.35. The number of rotatable bonds is 6. The molecule has 1 aromatic heterocycles. The van der Waals surface area contributed by atoms with Crippen LogP contribution in [-0.4, -0.2) is 40.9 Å². The number of hydrogen-bond acceptors (Lipinski definition) is 5. The van der Waals surface area contributed by atoms with Crippen LogP contribution in [0.25, 0.3) is 0 Å². The summed E-state index contributed by atoms with van der Waals surface area (Å²) in [7, 11) is 2.76. The summed E-state index contributed by atoms with van der Waals surface area (Å²) < 4.78 is 13.0. The maximum Gasteiger partial charge on any atom is 0.137 e. The highest BCUT2D eigenvalue weighted by Gasteiger charge is 2.56. The highest BCUT2D eigenvalue weighted by Crippen LogP contribution is 2.61. The van der Waals surface area contributed by atoms with Gasteiger partial charge in [0.15, 0.2) is 0 Å². The fourth-order valence-corrected chi connectivity index (χ4v) is 4.56. The highest BCUT2D eigenvalue weighted by atomic mass is 31.0. The number of aromatic nitrogens is 2. The normalized spacial score (nSPS) is 21.1. The van der Waals surface area contributed by atoms with E-state index in [0.717, 1.165) is 49.2 Å². The van der Waals surface area contributed by atoms with Gasteiger partial charge >= 0.3 is 0 Å². The zero-order valence-electron chi connectivity index (χ0n) is 16.9. The van der Waals surface area contributed by atoms with E-state index < -0.39 is 5.83 Å². The van der Waals surface area contributed by atoms with E-state index in [2.05, 4.69) is 41.0 Å². The van der Waals surface area contributed by atoms with Crippen LogP contribution in [0.1, 0.15) is 38.7 Å². The topological polar surface area (TPSA) is 77.3 Å². The van der Waals surface area contributed by atoms with E-state index in [1.54, 1.807) is 0 Å². The van der Waals surface area contributed by atoms with Crippen LogP contribution in [0.4, 0.5) is 16.0 Å². The van der Waals surface area contributed by atoms with Crippen LogP contribution in [0, 0.1) is 29.6 Å². The van der Waals surface area contributed by atoms with Crippen molar-refractivity contribution in [3.63, 3.8) is 0 Å². The summed E-state index contributed by atoms with van der Waals surface area (Å²) in [4.78, 5) is 15.5. The Labute approximate surface area is 168 Å². The minimum Gasteiger partial charge on any atom is -0.363 e. The minimum absolute atomic E-state index is 0.0593. The Morgan fingerprint density at radius 3 is 2.75 bits per heavy atom. The molecule has 0 amide bonds. The second-order valence-corrected chi connectivity index (χ2v) is 8.82. The van der Waals surface area contributed by atoms with Crippen LogP contribution < -0.4 is 10.2 Å². The molecule has 152 valence electrons. The molecule has 28 heavy (non-hydrogen) atoms. The second kappa shape index (κ2) is 8.24. The van der Waals surface area contributed by atoms with E-state index >= 15 is 0 Å². The van der Waals surface area contributed by atoms with Crippen LogP contribution in [0.2, 0.25) is 0 Å². The molecule has 1 saturated heterocycles. The molecule has 2 unspecified atom stereocenters. The van der Waals surface area contributed by atoms with Crippen molar-refractivity contribution in [3.05, 3.63) is 24.3 Å². The lowest BCUT2D eigenvalue weighted by atomic mass is 9.91. The van der Waals surface area contributed by atoms with Gasteiger partial charge in [0, 0.05) is 35.9 Å². The van der Waals surface area contributed by atoms with E-state index in [4.69, 9.17) is 5.41 Å². The number of hydrogen-bond donors (Lipinski definition) is 2. The van der Waals surface area contributed by atoms with Gasteiger partial charge in [0.2, 0.25) is 0 Å². The van der Waals surface area contributed by atoms with Gasteiger partial charge < -0.3 is 10.2 Å². The zero-order valence-corrected chi connectivity index (χ0v) is 18.1. The van der Waals surface area contributed by atoms with Crippen molar-refractivity contribution >= 4 is 32.2 Å². The number of anilines is 2. The van der Waals surface area contributed by atoms with Crippen LogP contribution in [0.15, 0.2) is 23.7 Å². The summed E-state index contributed by atoms with van der Waals surface area (Å²) in [5.41, 5.74) is 2.29. The smallest absolute Gasteiger partial charge is 0.137 e. The van der Waals surface area contributed by atoms with Crippen LogP contribution >= 0.6 is 9.24 Å². The molecule has 1 saturated carbocycles. The molecule has 3 rings (SSSR count). The van der Waals surface area contributed by atoms with Crippen LogP contribution in [0.3, 0.4) is 0 Å². The largest absolute Gasteiger partial charge is 0.363 e. The van der Waals surface area contributed by atoms with Gasteiger partial charge in [-0.25, -0.2) is 19.4 Å². The van der Waals surface area contributed by atoms with E-state index in [-0.39, 0.29) is 12.5 Å². The lowest BCUT2D eigenvalue weighted by Gasteiger charge is -2.34. The number of aliphatic imine (C=N–C) groups is 1. The molecule has 2 aliphatic rings. The first-order valence-corrected chi connectivity index (χ1v) is 10.4. The Morgan fingerprint density at radius 1 is 1.46 bits per heavy atom. The molecule has 1 aliphatic heterocycles. The van der Waals surface area contributed by atoms with E-state index in [1.807, 2.05) is 20.8 Å². The monoisotopic (exact) mass is 404 g/mol. The summed E-state index contributed by atoms with van der Waals surface area (Å²) in [6, 6.07) is 0. The standard InChI is InChI=1S/C20H30FN6P/c1-12(2)16(22)26-19(28)15-9-20(15)5-7-27(8-6-20)18-14(4)17(24-11-25-18)23-10-13(3)21/h11-12,15,22H,3,5-10,28H2,1-2,4H3,(H,23,24,25). The van der Waals surface area contributed by atoms with Gasteiger partial charge in [-0.1, -0.05) is 29.7 Å². The Bertz CT molecular complexity index is 798. The van der Waals surface area contributed by atoms with E-state index in [1.165, 1.54) is 6.33 Å². The fraction of sp³-hybridized carbons (Fsp3) is 0.600. The van der Waals surface area contributed by atoms with Crippen molar-refractivity contribution in [1.29, 1.82) is 5.41 Å². The average molecular weight is 404 g/mol. The van der Waals surface area contributed by atoms with E-state index in [9.17, 15) is 4.39 Å². The molecule has 0 bridgehead atoms. The molecule has 6 nitrogen and oxygen atoms in total. The first-order valence-electron chi connectivity index (χ1n) is 9.79. The van der Waals surface area contributed by atoms with Gasteiger partial charge in [-0.15, -0.1) is 0 Å². The van der Waals surface area contributed by atoms with Crippen LogP contribution in [0.5, 0.6) is 0 Å². The number of piperidine rings is 1. The first kappa shape index (κ1) is 20.8. The molecule has 0 radical (unpaired) electrons. The molecule has 2 heterocycles. The Balaban J connectivity index is 1.63. The fourth-order valence-electron chi connectivity index (χ4n) is 3.95. The summed E-state index contributed by atoms with van der Waals surface area (Å²) in [6.07, 6.45) is 4.87. The molecular formula is C20H30FN6P. The van der Waals surface area contributed by atoms with Crippen molar-refractivity contribution in [1.82, 2.24) is 9.97 Å². The number of nitrogens with zero attached hydrogens (tertiary/aromatic N) is 4. The predicted molar refractivity (Wildman–Crippen MR) is 117 cm³/mol. The predicted octanol–water partition coefficient (Wildman–Crippen LogP) is 4.19. The molecule has 0 aromatic carbocycles. The van der Waals surface area contributed by atoms with Crippen molar-refractivity contribution < 1.29 is 4.39 Å². The zero-order chi connectivity index (χ0) is 20.5. The number of halogens is 1. The summed E-state index contributed by atoms with van der Waals surface area (Å²) >= 11 is 0. The molecule has 1 aromatic rings. The molecule has 1 spiro atoms. The lowest BCUT2D eigenvalue weighted by molar-refractivity contribution is 0.369. The van der Waals surface area contributed by atoms with Crippen molar-refractivity contribution in [2.45, 2.75) is 40.0 Å². The third-order valence-corrected chi connectivity index (χ3v) is 6.44. The maximum atomic E-state index is 13.0. The van der Waals surface area contributed by atoms with Gasteiger partial charge in [0.1, 0.15) is 29.6 Å². The maximum absolute atomic E-state index is 13.0. The summed E-state index contributed by atoms with van der Waals surface area (Å²) in [5.74, 6) is 2.23. The van der Waals surface area contributed by atoms with Gasteiger partial charge in [-0.3, -0.25) is 5.41 Å². The number of nitrogens with one attached hydrogen (secondary N) is 2.